The number of likely N-dealkylation sites (tertiary alicyclic amines) is 1. The largest absolute Gasteiger partial charge is 0.494 e. The van der Waals surface area contributed by atoms with E-state index >= 15 is 0 Å². The molecule has 4 rings (SSSR count). The van der Waals surface area contributed by atoms with Crippen LogP contribution in [0.1, 0.15) is 59.3 Å². The molecule has 2 aliphatic heterocycles. The van der Waals surface area contributed by atoms with E-state index < -0.39 is 0 Å². The van der Waals surface area contributed by atoms with Gasteiger partial charge in [0.15, 0.2) is 0 Å². The van der Waals surface area contributed by atoms with E-state index in [4.69, 9.17) is 9.31 Å². The van der Waals surface area contributed by atoms with Crippen LogP contribution in [0, 0.1) is 0 Å². The van der Waals surface area contributed by atoms with Crippen molar-refractivity contribution in [1.82, 2.24) is 14.9 Å². The van der Waals surface area contributed by atoms with Crippen molar-refractivity contribution in [2.24, 2.45) is 0 Å². The molecule has 0 aliphatic carbocycles. The lowest BCUT2D eigenvalue weighted by Gasteiger charge is -2.32. The first kappa shape index (κ1) is 19.2. The number of carbonyl (C=O) groups is 1. The molecule has 148 valence electrons. The molecule has 3 heterocycles. The molecule has 2 saturated heterocycles. The lowest BCUT2D eigenvalue weighted by atomic mass is 9.79. The Labute approximate surface area is 166 Å². The first-order valence-corrected chi connectivity index (χ1v) is 9.96. The third-order valence-corrected chi connectivity index (χ3v) is 6.32. The van der Waals surface area contributed by atoms with Crippen molar-refractivity contribution in [2.75, 3.05) is 6.54 Å². The van der Waals surface area contributed by atoms with Crippen LogP contribution in [0.5, 0.6) is 0 Å². The summed E-state index contributed by atoms with van der Waals surface area (Å²) in [7, 11) is -0.362. The Balaban J connectivity index is 1.51. The van der Waals surface area contributed by atoms with E-state index in [0.717, 1.165) is 41.9 Å². The Morgan fingerprint density at radius 3 is 2.43 bits per heavy atom. The van der Waals surface area contributed by atoms with E-state index in [1.165, 1.54) is 0 Å². The predicted molar refractivity (Wildman–Crippen MR) is 109 cm³/mol. The quantitative estimate of drug-likeness (QED) is 0.830. The number of carbonyl (C=O) groups excluding carboxylic acids is 1. The Bertz CT molecular complexity index is 859. The molecule has 2 aliphatic rings. The van der Waals surface area contributed by atoms with Gasteiger partial charge in [-0.15, -0.1) is 0 Å². The average molecular weight is 381 g/mol. The Hall–Kier alpha value is -2.12. The van der Waals surface area contributed by atoms with E-state index in [0.29, 0.717) is 0 Å². The molecule has 7 heteroatoms. The smallest absolute Gasteiger partial charge is 0.399 e. The van der Waals surface area contributed by atoms with Crippen LogP contribution in [0.25, 0.3) is 11.3 Å². The third-order valence-electron chi connectivity index (χ3n) is 6.32. The summed E-state index contributed by atoms with van der Waals surface area (Å²) < 4.78 is 12.2. The van der Waals surface area contributed by atoms with Crippen molar-refractivity contribution in [3.63, 3.8) is 0 Å². The lowest BCUT2D eigenvalue weighted by molar-refractivity contribution is -0.129. The first-order valence-electron chi connectivity index (χ1n) is 9.96. The predicted octanol–water partition coefficient (Wildman–Crippen LogP) is 3.06. The van der Waals surface area contributed by atoms with Gasteiger partial charge in [-0.25, -0.2) is 4.98 Å². The van der Waals surface area contributed by atoms with Crippen molar-refractivity contribution >= 4 is 18.5 Å². The summed E-state index contributed by atoms with van der Waals surface area (Å²) in [6.45, 7) is 10.7. The number of amides is 1. The number of aromatic nitrogens is 2. The van der Waals surface area contributed by atoms with Crippen molar-refractivity contribution in [1.29, 1.82) is 0 Å². The highest BCUT2D eigenvalue weighted by atomic mass is 16.7. The summed E-state index contributed by atoms with van der Waals surface area (Å²) in [6.07, 6.45) is 3.81. The minimum atomic E-state index is -0.362. The summed E-state index contributed by atoms with van der Waals surface area (Å²) >= 11 is 0. The summed E-state index contributed by atoms with van der Waals surface area (Å²) in [5.41, 5.74) is 2.30. The molecule has 1 aromatic heterocycles. The first-order chi connectivity index (χ1) is 13.2. The SMILES string of the molecule is CC(=O)N1CCC[C@H]1c1ncc(-c2ccc(B3OC(C)(C)C(C)(C)O3)cc2)[nH]1. The molecular weight excluding hydrogens is 353 g/mol. The standard InChI is InChI=1S/C21H28BN3O3/c1-14(26)25-12-6-7-18(25)19-23-13-17(24-19)15-8-10-16(11-9-15)22-27-20(2,3)21(4,5)28-22/h8-11,13,18H,6-7,12H2,1-5H3,(H,23,24)/t18-/m0/s1. The second-order valence-electron chi connectivity index (χ2n) is 8.76. The second kappa shape index (κ2) is 6.74. The van der Waals surface area contributed by atoms with Gasteiger partial charge in [0.1, 0.15) is 5.82 Å². The van der Waals surface area contributed by atoms with Crippen LogP contribution in [0.15, 0.2) is 30.5 Å². The molecule has 1 N–H and O–H groups in total. The van der Waals surface area contributed by atoms with Crippen molar-refractivity contribution in [3.05, 3.63) is 36.3 Å². The van der Waals surface area contributed by atoms with Gasteiger partial charge in [0, 0.05) is 13.5 Å². The van der Waals surface area contributed by atoms with E-state index in [-0.39, 0.29) is 30.3 Å². The minimum absolute atomic E-state index is 0.0512. The number of nitrogens with zero attached hydrogens (tertiary/aromatic N) is 2. The number of imidazole rings is 1. The number of H-pyrrole nitrogens is 1. The molecule has 1 atom stereocenters. The Morgan fingerprint density at radius 1 is 1.18 bits per heavy atom. The zero-order valence-corrected chi connectivity index (χ0v) is 17.3. The highest BCUT2D eigenvalue weighted by Gasteiger charge is 2.51. The summed E-state index contributed by atoms with van der Waals surface area (Å²) in [4.78, 5) is 21.7. The van der Waals surface area contributed by atoms with E-state index in [9.17, 15) is 4.79 Å². The molecule has 0 bridgehead atoms. The molecule has 2 fully saturated rings. The van der Waals surface area contributed by atoms with E-state index in [1.807, 2.05) is 23.2 Å². The number of aromatic amines is 1. The van der Waals surface area contributed by atoms with Gasteiger partial charge in [0.2, 0.25) is 5.91 Å². The summed E-state index contributed by atoms with van der Waals surface area (Å²) in [6, 6.07) is 8.23. The number of hydrogen-bond acceptors (Lipinski definition) is 4. The van der Waals surface area contributed by atoms with Crippen LogP contribution >= 0.6 is 0 Å². The van der Waals surface area contributed by atoms with Gasteiger partial charge in [-0.2, -0.15) is 0 Å². The lowest BCUT2D eigenvalue weighted by Crippen LogP contribution is -2.41. The van der Waals surface area contributed by atoms with Gasteiger partial charge in [-0.05, 0) is 51.6 Å². The van der Waals surface area contributed by atoms with E-state index in [1.54, 1.807) is 6.92 Å². The fraction of sp³-hybridized carbons (Fsp3) is 0.524. The zero-order valence-electron chi connectivity index (χ0n) is 17.3. The zero-order chi connectivity index (χ0) is 20.1. The van der Waals surface area contributed by atoms with Crippen LogP contribution in [0.4, 0.5) is 0 Å². The molecule has 0 unspecified atom stereocenters. The summed E-state index contributed by atoms with van der Waals surface area (Å²) in [5, 5.41) is 0. The van der Waals surface area contributed by atoms with Crippen LogP contribution in [0.3, 0.4) is 0 Å². The maximum Gasteiger partial charge on any atom is 0.494 e. The van der Waals surface area contributed by atoms with Gasteiger partial charge in [0.25, 0.3) is 0 Å². The number of hydrogen-bond donors (Lipinski definition) is 1. The van der Waals surface area contributed by atoms with Crippen molar-refractivity contribution < 1.29 is 14.1 Å². The maximum atomic E-state index is 11.8. The van der Waals surface area contributed by atoms with E-state index in [2.05, 4.69) is 49.8 Å². The van der Waals surface area contributed by atoms with Crippen LogP contribution in [0.2, 0.25) is 0 Å². The normalized spacial score (nSPS) is 23.4. The van der Waals surface area contributed by atoms with Crippen LogP contribution < -0.4 is 5.46 Å². The topological polar surface area (TPSA) is 67.5 Å². The molecule has 0 saturated carbocycles. The molecule has 1 amide bonds. The molecule has 0 radical (unpaired) electrons. The average Bonchev–Trinajstić information content (AvgIpc) is 3.33. The number of nitrogens with one attached hydrogen (secondary N) is 1. The minimum Gasteiger partial charge on any atom is -0.399 e. The van der Waals surface area contributed by atoms with Gasteiger partial charge < -0.3 is 19.2 Å². The molecule has 1 aromatic carbocycles. The van der Waals surface area contributed by atoms with Crippen molar-refractivity contribution in [3.8, 4) is 11.3 Å². The van der Waals surface area contributed by atoms with Crippen molar-refractivity contribution in [2.45, 2.75) is 64.7 Å². The third kappa shape index (κ3) is 3.27. The second-order valence-corrected chi connectivity index (χ2v) is 8.76. The maximum absolute atomic E-state index is 11.8. The van der Waals surface area contributed by atoms with Gasteiger partial charge in [-0.1, -0.05) is 24.3 Å². The molecule has 2 aromatic rings. The van der Waals surface area contributed by atoms with Gasteiger partial charge in [-0.3, -0.25) is 4.79 Å². The number of benzene rings is 1. The fourth-order valence-electron chi connectivity index (χ4n) is 3.88. The fourth-order valence-corrected chi connectivity index (χ4v) is 3.88. The summed E-state index contributed by atoms with van der Waals surface area (Å²) in [5.74, 6) is 0.963. The highest BCUT2D eigenvalue weighted by Crippen LogP contribution is 2.36. The Morgan fingerprint density at radius 2 is 1.82 bits per heavy atom. The molecular formula is C21H28BN3O3. The van der Waals surface area contributed by atoms with Crippen LogP contribution in [-0.2, 0) is 14.1 Å². The van der Waals surface area contributed by atoms with Gasteiger partial charge in [0.05, 0.1) is 29.1 Å². The van der Waals surface area contributed by atoms with Gasteiger partial charge >= 0.3 is 7.12 Å². The monoisotopic (exact) mass is 381 g/mol. The highest BCUT2D eigenvalue weighted by molar-refractivity contribution is 6.62. The Kier molecular flexibility index (Phi) is 4.63. The van der Waals surface area contributed by atoms with Crippen LogP contribution in [-0.4, -0.2) is 45.6 Å². The molecule has 0 spiro atoms. The molecule has 6 nitrogen and oxygen atoms in total. The molecule has 28 heavy (non-hydrogen) atoms. The number of rotatable bonds is 3.